The van der Waals surface area contributed by atoms with Crippen molar-refractivity contribution in [1.29, 1.82) is 0 Å². The van der Waals surface area contributed by atoms with Gasteiger partial charge in [0.2, 0.25) is 5.91 Å². The van der Waals surface area contributed by atoms with Crippen molar-refractivity contribution in [3.63, 3.8) is 0 Å². The predicted molar refractivity (Wildman–Crippen MR) is 78.5 cm³/mol. The summed E-state index contributed by atoms with van der Waals surface area (Å²) in [7, 11) is 0. The molecule has 0 spiro atoms. The smallest absolute Gasteiger partial charge is 0.221 e. The van der Waals surface area contributed by atoms with Crippen LogP contribution >= 0.6 is 11.6 Å². The first-order valence-corrected chi connectivity index (χ1v) is 6.94. The average molecular weight is 284 g/mol. The molecule has 4 N–H and O–H groups in total. The molecule has 1 saturated heterocycles. The van der Waals surface area contributed by atoms with Gasteiger partial charge in [0.05, 0.1) is 5.92 Å². The number of halogens is 1. The third kappa shape index (κ3) is 6.05. The molecular formula is C14H22ClN3O. The van der Waals surface area contributed by atoms with E-state index in [9.17, 15) is 4.79 Å². The lowest BCUT2D eigenvalue weighted by molar-refractivity contribution is -0.123. The lowest BCUT2D eigenvalue weighted by Gasteiger charge is -2.26. The number of aryl methyl sites for hydroxylation is 1. The number of rotatable bonds is 2. The Kier molecular flexibility index (Phi) is 6.84. The van der Waals surface area contributed by atoms with Gasteiger partial charge in [-0.1, -0.05) is 30.7 Å². The van der Waals surface area contributed by atoms with Gasteiger partial charge in [-0.05, 0) is 37.0 Å². The normalized spacial score (nSPS) is 19.4. The van der Waals surface area contributed by atoms with Crippen molar-refractivity contribution in [3.8, 4) is 0 Å². The second kappa shape index (κ2) is 8.15. The molecule has 0 aromatic heterocycles. The number of carbonyl (C=O) groups excluding carboxylic acids is 1. The van der Waals surface area contributed by atoms with Crippen LogP contribution in [0.1, 0.15) is 25.3 Å². The van der Waals surface area contributed by atoms with E-state index in [1.807, 2.05) is 24.3 Å². The Labute approximate surface area is 119 Å². The highest BCUT2D eigenvalue weighted by Gasteiger charge is 2.21. The molecule has 1 unspecified atom stereocenters. The summed E-state index contributed by atoms with van der Waals surface area (Å²) in [5.41, 5.74) is 6.44. The largest absolute Gasteiger partial charge is 0.369 e. The molecular weight excluding hydrogens is 262 g/mol. The third-order valence-corrected chi connectivity index (χ3v) is 3.43. The topological polar surface area (TPSA) is 72.4 Å². The van der Waals surface area contributed by atoms with Gasteiger partial charge in [-0.3, -0.25) is 10.6 Å². The Morgan fingerprint density at radius 2 is 2.05 bits per heavy atom. The molecule has 1 aromatic carbocycles. The van der Waals surface area contributed by atoms with Crippen molar-refractivity contribution in [2.45, 2.75) is 26.2 Å². The summed E-state index contributed by atoms with van der Waals surface area (Å²) in [4.78, 5) is 10.6. The molecule has 1 heterocycles. The molecule has 2 rings (SSSR count). The van der Waals surface area contributed by atoms with E-state index in [1.54, 1.807) is 5.01 Å². The summed E-state index contributed by atoms with van der Waals surface area (Å²) in [6.45, 7) is 3.63. The summed E-state index contributed by atoms with van der Waals surface area (Å²) in [5, 5.41) is 2.46. The van der Waals surface area contributed by atoms with Crippen molar-refractivity contribution >= 4 is 17.5 Å². The number of piperidine rings is 1. The van der Waals surface area contributed by atoms with Crippen LogP contribution in [0.4, 0.5) is 0 Å². The highest BCUT2D eigenvalue weighted by Crippen LogP contribution is 2.12. The molecule has 19 heavy (non-hydrogen) atoms. The van der Waals surface area contributed by atoms with Crippen LogP contribution in [-0.2, 0) is 11.2 Å². The van der Waals surface area contributed by atoms with Crippen molar-refractivity contribution in [1.82, 2.24) is 5.01 Å². The zero-order valence-electron chi connectivity index (χ0n) is 11.3. The van der Waals surface area contributed by atoms with Crippen molar-refractivity contribution in [2.75, 3.05) is 13.1 Å². The molecule has 1 aliphatic rings. The highest BCUT2D eigenvalue weighted by molar-refractivity contribution is 6.30. The van der Waals surface area contributed by atoms with Gasteiger partial charge < -0.3 is 5.73 Å². The molecule has 106 valence electrons. The molecule has 0 saturated carbocycles. The molecule has 1 aliphatic heterocycles. The third-order valence-electron chi connectivity index (χ3n) is 3.18. The van der Waals surface area contributed by atoms with Gasteiger partial charge in [0.15, 0.2) is 0 Å². The molecule has 1 atom stereocenters. The second-order valence-electron chi connectivity index (χ2n) is 4.72. The van der Waals surface area contributed by atoms with Gasteiger partial charge >= 0.3 is 0 Å². The number of nitrogens with two attached hydrogens (primary N) is 2. The summed E-state index contributed by atoms with van der Waals surface area (Å²) < 4.78 is 0. The molecule has 5 heteroatoms. The fourth-order valence-electron chi connectivity index (χ4n) is 1.96. The van der Waals surface area contributed by atoms with Crippen LogP contribution in [0.3, 0.4) is 0 Å². The molecule has 1 aromatic rings. The Morgan fingerprint density at radius 3 is 2.47 bits per heavy atom. The number of nitrogens with zero attached hydrogens (tertiary/aromatic N) is 1. The van der Waals surface area contributed by atoms with Crippen LogP contribution in [0.15, 0.2) is 24.3 Å². The van der Waals surface area contributed by atoms with Gasteiger partial charge in [-0.15, -0.1) is 0 Å². The number of hydrogen-bond acceptors (Lipinski definition) is 3. The van der Waals surface area contributed by atoms with Crippen molar-refractivity contribution in [2.24, 2.45) is 17.5 Å². The summed E-state index contributed by atoms with van der Waals surface area (Å²) in [5.74, 6) is 5.23. The average Bonchev–Trinajstić information content (AvgIpc) is 2.40. The van der Waals surface area contributed by atoms with E-state index >= 15 is 0 Å². The van der Waals surface area contributed by atoms with Gasteiger partial charge in [0.1, 0.15) is 0 Å². The number of carbonyl (C=O) groups is 1. The van der Waals surface area contributed by atoms with E-state index < -0.39 is 0 Å². The number of hydrazine groups is 1. The van der Waals surface area contributed by atoms with E-state index in [4.69, 9.17) is 23.2 Å². The maximum atomic E-state index is 10.6. The van der Waals surface area contributed by atoms with Gasteiger partial charge in [0, 0.05) is 18.1 Å². The zero-order chi connectivity index (χ0) is 14.3. The lowest BCUT2D eigenvalue weighted by atomic mass is 9.99. The maximum Gasteiger partial charge on any atom is 0.221 e. The van der Waals surface area contributed by atoms with E-state index in [0.717, 1.165) is 30.8 Å². The fourth-order valence-corrected chi connectivity index (χ4v) is 2.08. The van der Waals surface area contributed by atoms with E-state index in [1.165, 1.54) is 5.56 Å². The second-order valence-corrected chi connectivity index (χ2v) is 5.15. The Balaban J connectivity index is 0.000000191. The van der Waals surface area contributed by atoms with Crippen LogP contribution in [0, 0.1) is 5.92 Å². The van der Waals surface area contributed by atoms with Crippen LogP contribution in [0.25, 0.3) is 0 Å². The minimum atomic E-state index is -0.227. The number of hydrogen-bond donors (Lipinski definition) is 2. The highest BCUT2D eigenvalue weighted by atomic mass is 35.5. The molecule has 0 aliphatic carbocycles. The SMILES string of the molecule is CCc1ccc(Cl)cc1.NC(=O)C1CCCN(N)C1. The number of amides is 1. The molecule has 0 bridgehead atoms. The molecule has 4 nitrogen and oxygen atoms in total. The first kappa shape index (κ1) is 16.0. The Morgan fingerprint density at radius 1 is 1.42 bits per heavy atom. The van der Waals surface area contributed by atoms with Crippen LogP contribution in [-0.4, -0.2) is 24.0 Å². The van der Waals surface area contributed by atoms with E-state index in [0.29, 0.717) is 6.54 Å². The Hall–Kier alpha value is -1.10. The monoisotopic (exact) mass is 283 g/mol. The van der Waals surface area contributed by atoms with Crippen LogP contribution < -0.4 is 11.6 Å². The zero-order valence-corrected chi connectivity index (χ0v) is 12.1. The Bertz CT molecular complexity index is 394. The van der Waals surface area contributed by atoms with Gasteiger partial charge in [-0.25, -0.2) is 5.01 Å². The van der Waals surface area contributed by atoms with E-state index in [2.05, 4.69) is 6.92 Å². The quantitative estimate of drug-likeness (QED) is 0.815. The first-order valence-electron chi connectivity index (χ1n) is 6.56. The summed E-state index contributed by atoms with van der Waals surface area (Å²) in [6, 6.07) is 7.92. The molecule has 0 radical (unpaired) electrons. The number of benzene rings is 1. The van der Waals surface area contributed by atoms with E-state index in [-0.39, 0.29) is 11.8 Å². The van der Waals surface area contributed by atoms with Gasteiger partial charge in [-0.2, -0.15) is 0 Å². The molecule has 1 fully saturated rings. The summed E-state index contributed by atoms with van der Waals surface area (Å²) >= 11 is 5.67. The minimum Gasteiger partial charge on any atom is -0.369 e. The van der Waals surface area contributed by atoms with Crippen LogP contribution in [0.5, 0.6) is 0 Å². The number of primary amides is 1. The molecule has 1 amide bonds. The van der Waals surface area contributed by atoms with Crippen molar-refractivity contribution < 1.29 is 4.79 Å². The standard InChI is InChI=1S/C8H9Cl.C6H13N3O/c1-2-7-3-5-8(9)6-4-7;7-6(10)5-2-1-3-9(8)4-5/h3-6H,2H2,1H3;5H,1-4,8H2,(H2,7,10). The lowest BCUT2D eigenvalue weighted by Crippen LogP contribution is -2.44. The van der Waals surface area contributed by atoms with Crippen LogP contribution in [0.2, 0.25) is 5.02 Å². The van der Waals surface area contributed by atoms with Crippen molar-refractivity contribution in [3.05, 3.63) is 34.9 Å². The maximum absolute atomic E-state index is 10.6. The first-order chi connectivity index (χ1) is 9.02. The predicted octanol–water partition coefficient (Wildman–Crippen LogP) is 1.96. The minimum absolute atomic E-state index is 0.0289. The summed E-state index contributed by atoms with van der Waals surface area (Å²) in [6.07, 6.45) is 2.95. The van der Waals surface area contributed by atoms with Gasteiger partial charge in [0.25, 0.3) is 0 Å². The fraction of sp³-hybridized carbons (Fsp3) is 0.500.